The van der Waals surface area contributed by atoms with Crippen molar-refractivity contribution in [3.8, 4) is 0 Å². The minimum atomic E-state index is -0.388. The summed E-state index contributed by atoms with van der Waals surface area (Å²) in [5, 5.41) is 0.868. The third-order valence-electron chi connectivity index (χ3n) is 2.13. The van der Waals surface area contributed by atoms with E-state index in [0.29, 0.717) is 11.3 Å². The van der Waals surface area contributed by atoms with Gasteiger partial charge in [-0.1, -0.05) is 6.07 Å². The Balaban J connectivity index is 2.57. The lowest BCUT2D eigenvalue weighted by Gasteiger charge is -2.01. The van der Waals surface area contributed by atoms with Crippen LogP contribution in [0.1, 0.15) is 10.4 Å². The Morgan fingerprint density at radius 3 is 2.93 bits per heavy atom. The molecular formula is C11H10N2O2. The first-order valence-corrected chi connectivity index (χ1v) is 4.44. The number of aromatic nitrogens is 1. The first-order chi connectivity index (χ1) is 7.20. The Bertz CT molecular complexity index is 523. The zero-order chi connectivity index (χ0) is 10.8. The van der Waals surface area contributed by atoms with Crippen LogP contribution in [0, 0.1) is 0 Å². The number of nitrogens with two attached hydrogens (primary N) is 1. The van der Waals surface area contributed by atoms with Gasteiger partial charge < -0.3 is 10.5 Å². The lowest BCUT2D eigenvalue weighted by molar-refractivity contribution is 0.0600. The van der Waals surface area contributed by atoms with Gasteiger partial charge in [-0.25, -0.2) is 4.79 Å². The Morgan fingerprint density at radius 2 is 2.20 bits per heavy atom. The zero-order valence-corrected chi connectivity index (χ0v) is 8.23. The Hall–Kier alpha value is -2.10. The largest absolute Gasteiger partial charge is 0.465 e. The number of rotatable bonds is 1. The molecule has 2 aromatic rings. The maximum absolute atomic E-state index is 11.2. The molecule has 0 bridgehead atoms. The van der Waals surface area contributed by atoms with Crippen molar-refractivity contribution < 1.29 is 9.53 Å². The van der Waals surface area contributed by atoms with Crippen LogP contribution < -0.4 is 5.73 Å². The Kier molecular flexibility index (Phi) is 2.25. The van der Waals surface area contributed by atoms with Gasteiger partial charge in [0.1, 0.15) is 0 Å². The maximum Gasteiger partial charge on any atom is 0.339 e. The molecule has 0 aliphatic rings. The predicted molar refractivity (Wildman–Crippen MR) is 57.5 cm³/mol. The van der Waals surface area contributed by atoms with E-state index in [0.717, 1.165) is 10.9 Å². The number of hydrogen-bond acceptors (Lipinski definition) is 4. The molecule has 0 atom stereocenters. The van der Waals surface area contributed by atoms with Crippen molar-refractivity contribution in [2.24, 2.45) is 0 Å². The van der Waals surface area contributed by atoms with E-state index in [9.17, 15) is 4.79 Å². The average Bonchev–Trinajstić information content (AvgIpc) is 2.27. The van der Waals surface area contributed by atoms with Gasteiger partial charge in [0, 0.05) is 17.3 Å². The second-order valence-corrected chi connectivity index (χ2v) is 3.17. The molecule has 2 N–H and O–H groups in total. The zero-order valence-electron chi connectivity index (χ0n) is 8.23. The molecule has 1 aromatic heterocycles. The van der Waals surface area contributed by atoms with E-state index in [-0.39, 0.29) is 5.97 Å². The summed E-state index contributed by atoms with van der Waals surface area (Å²) in [5.41, 5.74) is 7.48. The summed E-state index contributed by atoms with van der Waals surface area (Å²) in [5.74, 6) is -0.388. The van der Waals surface area contributed by atoms with Crippen LogP contribution in [0.3, 0.4) is 0 Å². The van der Waals surface area contributed by atoms with Gasteiger partial charge in [-0.3, -0.25) is 4.98 Å². The number of benzene rings is 1. The van der Waals surface area contributed by atoms with Crippen LogP contribution in [0.15, 0.2) is 30.5 Å². The van der Waals surface area contributed by atoms with Gasteiger partial charge in [0.15, 0.2) is 0 Å². The molecule has 0 saturated carbocycles. The Morgan fingerprint density at radius 1 is 1.40 bits per heavy atom. The molecule has 0 unspecified atom stereocenters. The summed E-state index contributed by atoms with van der Waals surface area (Å²) >= 11 is 0. The highest BCUT2D eigenvalue weighted by atomic mass is 16.5. The number of hydrogen-bond donors (Lipinski definition) is 1. The van der Waals surface area contributed by atoms with E-state index < -0.39 is 0 Å². The van der Waals surface area contributed by atoms with Crippen molar-refractivity contribution in [1.82, 2.24) is 4.98 Å². The second kappa shape index (κ2) is 3.57. The van der Waals surface area contributed by atoms with Crippen molar-refractivity contribution >= 4 is 22.6 Å². The second-order valence-electron chi connectivity index (χ2n) is 3.17. The fourth-order valence-electron chi connectivity index (χ4n) is 1.37. The standard InChI is InChI=1S/C11H10N2O2/c1-15-11(14)8-4-7-2-3-9(12)5-10(7)13-6-8/h2-6H,12H2,1H3. The van der Waals surface area contributed by atoms with Crippen LogP contribution in [-0.2, 0) is 4.74 Å². The molecule has 0 aliphatic heterocycles. The average molecular weight is 202 g/mol. The quantitative estimate of drug-likeness (QED) is 0.563. The number of carbonyl (C=O) groups is 1. The highest BCUT2D eigenvalue weighted by molar-refractivity contribution is 5.94. The summed E-state index contributed by atoms with van der Waals surface area (Å²) in [4.78, 5) is 15.4. The normalized spacial score (nSPS) is 10.2. The van der Waals surface area contributed by atoms with E-state index >= 15 is 0 Å². The van der Waals surface area contributed by atoms with Crippen molar-refractivity contribution in [2.45, 2.75) is 0 Å². The molecule has 0 amide bonds. The number of nitrogens with zero attached hydrogens (tertiary/aromatic N) is 1. The van der Waals surface area contributed by atoms with E-state index in [4.69, 9.17) is 5.73 Å². The van der Waals surface area contributed by atoms with E-state index in [2.05, 4.69) is 9.72 Å². The molecule has 2 rings (SSSR count). The molecular weight excluding hydrogens is 192 g/mol. The van der Waals surface area contributed by atoms with E-state index in [1.54, 1.807) is 18.2 Å². The van der Waals surface area contributed by atoms with Crippen LogP contribution in [0.5, 0.6) is 0 Å². The Labute approximate surface area is 86.7 Å². The fraction of sp³-hybridized carbons (Fsp3) is 0.0909. The molecule has 4 heteroatoms. The highest BCUT2D eigenvalue weighted by Crippen LogP contribution is 2.16. The lowest BCUT2D eigenvalue weighted by atomic mass is 10.1. The van der Waals surface area contributed by atoms with Gasteiger partial charge in [0.05, 0.1) is 18.2 Å². The van der Waals surface area contributed by atoms with Crippen molar-refractivity contribution in [3.05, 3.63) is 36.0 Å². The van der Waals surface area contributed by atoms with Crippen LogP contribution >= 0.6 is 0 Å². The molecule has 0 fully saturated rings. The fourth-order valence-corrected chi connectivity index (χ4v) is 1.37. The minimum Gasteiger partial charge on any atom is -0.465 e. The summed E-state index contributed by atoms with van der Waals surface area (Å²) in [6, 6.07) is 7.08. The number of pyridine rings is 1. The topological polar surface area (TPSA) is 65.2 Å². The number of anilines is 1. The third kappa shape index (κ3) is 1.74. The molecule has 4 nitrogen and oxygen atoms in total. The number of methoxy groups -OCH3 is 1. The molecule has 0 aliphatic carbocycles. The van der Waals surface area contributed by atoms with Gasteiger partial charge in [-0.15, -0.1) is 0 Å². The summed E-state index contributed by atoms with van der Waals surface area (Å²) in [6.45, 7) is 0. The SMILES string of the molecule is COC(=O)c1cnc2cc(N)ccc2c1. The first-order valence-electron chi connectivity index (χ1n) is 4.44. The summed E-state index contributed by atoms with van der Waals surface area (Å²) in [7, 11) is 1.34. The predicted octanol–water partition coefficient (Wildman–Crippen LogP) is 1.60. The summed E-state index contributed by atoms with van der Waals surface area (Å²) in [6.07, 6.45) is 1.48. The monoisotopic (exact) mass is 202 g/mol. The van der Waals surface area contributed by atoms with Crippen molar-refractivity contribution in [3.63, 3.8) is 0 Å². The van der Waals surface area contributed by atoms with Gasteiger partial charge in [0.25, 0.3) is 0 Å². The molecule has 76 valence electrons. The van der Waals surface area contributed by atoms with E-state index in [1.807, 2.05) is 6.07 Å². The van der Waals surface area contributed by atoms with E-state index in [1.165, 1.54) is 13.3 Å². The number of ether oxygens (including phenoxy) is 1. The number of fused-ring (bicyclic) bond motifs is 1. The number of nitrogen functional groups attached to an aromatic ring is 1. The molecule has 0 radical (unpaired) electrons. The number of esters is 1. The van der Waals surface area contributed by atoms with Gasteiger partial charge >= 0.3 is 5.97 Å². The number of carbonyl (C=O) groups excluding carboxylic acids is 1. The molecule has 1 heterocycles. The maximum atomic E-state index is 11.2. The minimum absolute atomic E-state index is 0.388. The van der Waals surface area contributed by atoms with Crippen LogP contribution in [0.4, 0.5) is 5.69 Å². The van der Waals surface area contributed by atoms with Gasteiger partial charge in [-0.2, -0.15) is 0 Å². The molecule has 1 aromatic carbocycles. The summed E-state index contributed by atoms with van der Waals surface area (Å²) < 4.78 is 4.61. The van der Waals surface area contributed by atoms with Crippen LogP contribution in [-0.4, -0.2) is 18.1 Å². The first kappa shape index (κ1) is 9.45. The lowest BCUT2D eigenvalue weighted by Crippen LogP contribution is -2.01. The van der Waals surface area contributed by atoms with Crippen molar-refractivity contribution in [2.75, 3.05) is 12.8 Å². The van der Waals surface area contributed by atoms with Crippen molar-refractivity contribution in [1.29, 1.82) is 0 Å². The third-order valence-corrected chi connectivity index (χ3v) is 2.13. The van der Waals surface area contributed by atoms with Crippen LogP contribution in [0.25, 0.3) is 10.9 Å². The molecule has 0 spiro atoms. The smallest absolute Gasteiger partial charge is 0.339 e. The molecule has 15 heavy (non-hydrogen) atoms. The van der Waals surface area contributed by atoms with Gasteiger partial charge in [0.2, 0.25) is 0 Å². The molecule has 0 saturated heterocycles. The van der Waals surface area contributed by atoms with Gasteiger partial charge in [-0.05, 0) is 18.2 Å². The van der Waals surface area contributed by atoms with Crippen LogP contribution in [0.2, 0.25) is 0 Å². The highest BCUT2D eigenvalue weighted by Gasteiger charge is 2.06.